The molecule has 1 saturated heterocycles. The minimum Gasteiger partial charge on any atom is -0.375 e. The fourth-order valence-corrected chi connectivity index (χ4v) is 1.89. The van der Waals surface area contributed by atoms with Gasteiger partial charge < -0.3 is 10.1 Å². The number of halogens is 1. The molecule has 1 aromatic heterocycles. The maximum Gasteiger partial charge on any atom is 0.255 e. The average Bonchev–Trinajstić information content (AvgIpc) is 2.90. The zero-order valence-electron chi connectivity index (χ0n) is 9.73. The van der Waals surface area contributed by atoms with Crippen LogP contribution in [0.15, 0.2) is 18.5 Å². The van der Waals surface area contributed by atoms with Crippen molar-refractivity contribution in [3.63, 3.8) is 0 Å². The lowest BCUT2D eigenvalue weighted by molar-refractivity contribution is 0.0773. The molecule has 2 unspecified atom stereocenters. The van der Waals surface area contributed by atoms with Gasteiger partial charge in [-0.15, -0.1) is 6.42 Å². The number of aromatic nitrogens is 1. The third kappa shape index (κ3) is 2.66. The molecule has 1 fully saturated rings. The van der Waals surface area contributed by atoms with Crippen molar-refractivity contribution in [2.24, 2.45) is 0 Å². The van der Waals surface area contributed by atoms with Crippen molar-refractivity contribution in [3.8, 4) is 12.3 Å². The van der Waals surface area contributed by atoms with E-state index in [1.807, 2.05) is 0 Å². The minimum absolute atomic E-state index is 0.0664. The van der Waals surface area contributed by atoms with Crippen LogP contribution in [0.4, 0.5) is 4.39 Å². The summed E-state index contributed by atoms with van der Waals surface area (Å²) in [5, 5.41) is 2.60. The standard InChI is InChI=1S/C13H13FN2O2/c1-2-11(12-4-3-7-18-12)16-13(17)9-5-6-15-8-10(9)14/h1,5-6,8,11-12H,3-4,7H2,(H,16,17). The van der Waals surface area contributed by atoms with Gasteiger partial charge >= 0.3 is 0 Å². The maximum absolute atomic E-state index is 13.4. The molecule has 2 atom stereocenters. The summed E-state index contributed by atoms with van der Waals surface area (Å²) in [4.78, 5) is 15.4. The van der Waals surface area contributed by atoms with Gasteiger partial charge in [-0.3, -0.25) is 9.78 Å². The summed E-state index contributed by atoms with van der Waals surface area (Å²) in [6.07, 6.45) is 9.24. The van der Waals surface area contributed by atoms with Gasteiger partial charge in [-0.1, -0.05) is 5.92 Å². The van der Waals surface area contributed by atoms with E-state index in [0.29, 0.717) is 6.61 Å². The molecule has 2 heterocycles. The Morgan fingerprint density at radius 3 is 3.17 bits per heavy atom. The maximum atomic E-state index is 13.4. The largest absolute Gasteiger partial charge is 0.375 e. The summed E-state index contributed by atoms with van der Waals surface area (Å²) in [6.45, 7) is 0.641. The van der Waals surface area contributed by atoms with Crippen molar-refractivity contribution < 1.29 is 13.9 Å². The number of carbonyl (C=O) groups excluding carboxylic acids is 1. The Kier molecular flexibility index (Phi) is 3.90. The van der Waals surface area contributed by atoms with Gasteiger partial charge in [0.1, 0.15) is 6.04 Å². The first-order valence-corrected chi connectivity index (χ1v) is 5.70. The number of terminal acetylenes is 1. The molecule has 0 saturated carbocycles. The van der Waals surface area contributed by atoms with Gasteiger partial charge in [0.05, 0.1) is 17.9 Å². The van der Waals surface area contributed by atoms with E-state index < -0.39 is 17.8 Å². The molecule has 1 aliphatic rings. The normalized spacial score (nSPS) is 20.1. The van der Waals surface area contributed by atoms with E-state index in [0.717, 1.165) is 19.0 Å². The summed E-state index contributed by atoms with van der Waals surface area (Å²) in [6, 6.07) is 0.779. The van der Waals surface area contributed by atoms with Gasteiger partial charge in [-0.2, -0.15) is 0 Å². The van der Waals surface area contributed by atoms with Crippen LogP contribution in [-0.2, 0) is 4.74 Å². The van der Waals surface area contributed by atoms with Gasteiger partial charge in [0, 0.05) is 12.8 Å². The van der Waals surface area contributed by atoms with Crippen LogP contribution in [0.2, 0.25) is 0 Å². The lowest BCUT2D eigenvalue weighted by Crippen LogP contribution is -2.42. The van der Waals surface area contributed by atoms with Gasteiger partial charge in [0.2, 0.25) is 0 Å². The Bertz CT molecular complexity index is 478. The molecule has 0 spiro atoms. The molecule has 1 aromatic rings. The van der Waals surface area contributed by atoms with Crippen molar-refractivity contribution in [2.75, 3.05) is 6.61 Å². The van der Waals surface area contributed by atoms with Crippen LogP contribution in [0.3, 0.4) is 0 Å². The van der Waals surface area contributed by atoms with Gasteiger partial charge in [-0.25, -0.2) is 4.39 Å². The Morgan fingerprint density at radius 1 is 1.72 bits per heavy atom. The number of carbonyl (C=O) groups is 1. The molecule has 0 aromatic carbocycles. The number of rotatable bonds is 3. The molecule has 0 bridgehead atoms. The highest BCUT2D eigenvalue weighted by atomic mass is 19.1. The first kappa shape index (κ1) is 12.5. The van der Waals surface area contributed by atoms with Gasteiger partial charge in [0.25, 0.3) is 5.91 Å². The van der Waals surface area contributed by atoms with Crippen LogP contribution < -0.4 is 5.32 Å². The number of pyridine rings is 1. The molecule has 0 radical (unpaired) electrons. The van der Waals surface area contributed by atoms with Gasteiger partial charge in [0.15, 0.2) is 5.82 Å². The Balaban J connectivity index is 2.06. The Labute approximate surface area is 105 Å². The predicted molar refractivity (Wildman–Crippen MR) is 63.3 cm³/mol. The average molecular weight is 248 g/mol. The first-order chi connectivity index (χ1) is 8.72. The van der Waals surface area contributed by atoms with E-state index in [2.05, 4.69) is 16.2 Å². The lowest BCUT2D eigenvalue weighted by atomic mass is 10.1. The topological polar surface area (TPSA) is 51.2 Å². The molecule has 0 aliphatic carbocycles. The molecule has 18 heavy (non-hydrogen) atoms. The highest BCUT2D eigenvalue weighted by Crippen LogP contribution is 2.16. The van der Waals surface area contributed by atoms with Crippen LogP contribution in [0.25, 0.3) is 0 Å². The van der Waals surface area contributed by atoms with Crippen LogP contribution in [0.5, 0.6) is 0 Å². The lowest BCUT2D eigenvalue weighted by Gasteiger charge is -2.19. The Morgan fingerprint density at radius 2 is 2.56 bits per heavy atom. The highest BCUT2D eigenvalue weighted by Gasteiger charge is 2.26. The zero-order chi connectivity index (χ0) is 13.0. The summed E-state index contributed by atoms with van der Waals surface area (Å²) < 4.78 is 18.8. The third-order valence-corrected chi connectivity index (χ3v) is 2.82. The molecular formula is C13H13FN2O2. The predicted octanol–water partition coefficient (Wildman–Crippen LogP) is 1.13. The van der Waals surface area contributed by atoms with E-state index in [9.17, 15) is 9.18 Å². The second-order valence-electron chi connectivity index (χ2n) is 4.02. The van der Waals surface area contributed by atoms with Crippen LogP contribution in [-0.4, -0.2) is 29.6 Å². The quantitative estimate of drug-likeness (QED) is 0.816. The summed E-state index contributed by atoms with van der Waals surface area (Å²) >= 11 is 0. The molecule has 94 valence electrons. The fourth-order valence-electron chi connectivity index (χ4n) is 1.89. The molecule has 4 nitrogen and oxygen atoms in total. The number of amides is 1. The molecule has 5 heteroatoms. The molecular weight excluding hydrogens is 235 g/mol. The SMILES string of the molecule is C#CC(NC(=O)c1ccncc1F)C1CCCO1. The Hall–Kier alpha value is -1.93. The van der Waals surface area contributed by atoms with E-state index in [1.54, 1.807) is 0 Å². The van der Waals surface area contributed by atoms with E-state index >= 15 is 0 Å². The molecule has 1 aliphatic heterocycles. The number of hydrogen-bond donors (Lipinski definition) is 1. The van der Waals surface area contributed by atoms with Crippen molar-refractivity contribution in [2.45, 2.75) is 25.0 Å². The van der Waals surface area contributed by atoms with Crippen molar-refractivity contribution in [1.82, 2.24) is 10.3 Å². The second kappa shape index (κ2) is 5.61. The number of hydrogen-bond acceptors (Lipinski definition) is 3. The minimum atomic E-state index is -0.668. The van der Waals surface area contributed by atoms with Crippen LogP contribution >= 0.6 is 0 Å². The van der Waals surface area contributed by atoms with Crippen LogP contribution in [0, 0.1) is 18.2 Å². The summed E-state index contributed by atoms with van der Waals surface area (Å²) in [7, 11) is 0. The summed E-state index contributed by atoms with van der Waals surface area (Å²) in [5.74, 6) is 1.25. The molecule has 1 amide bonds. The number of ether oxygens (including phenoxy) is 1. The first-order valence-electron chi connectivity index (χ1n) is 5.70. The van der Waals surface area contributed by atoms with E-state index in [4.69, 9.17) is 11.2 Å². The van der Waals surface area contributed by atoms with E-state index in [1.165, 1.54) is 12.3 Å². The monoisotopic (exact) mass is 248 g/mol. The van der Waals surface area contributed by atoms with Crippen molar-refractivity contribution in [3.05, 3.63) is 29.8 Å². The van der Waals surface area contributed by atoms with E-state index in [-0.39, 0.29) is 11.7 Å². The van der Waals surface area contributed by atoms with Gasteiger partial charge in [-0.05, 0) is 18.9 Å². The third-order valence-electron chi connectivity index (χ3n) is 2.82. The molecule has 1 N–H and O–H groups in total. The van der Waals surface area contributed by atoms with Crippen molar-refractivity contribution in [1.29, 1.82) is 0 Å². The fraction of sp³-hybridized carbons (Fsp3) is 0.385. The molecule has 2 rings (SSSR count). The highest BCUT2D eigenvalue weighted by molar-refractivity contribution is 5.94. The summed E-state index contributed by atoms with van der Waals surface area (Å²) in [5.41, 5.74) is -0.0664. The zero-order valence-corrected chi connectivity index (χ0v) is 9.73. The van der Waals surface area contributed by atoms with Crippen molar-refractivity contribution >= 4 is 5.91 Å². The number of nitrogens with one attached hydrogen (secondary N) is 1. The van der Waals surface area contributed by atoms with Crippen LogP contribution in [0.1, 0.15) is 23.2 Å². The smallest absolute Gasteiger partial charge is 0.255 e. The second-order valence-corrected chi connectivity index (χ2v) is 4.02. The number of nitrogens with zero attached hydrogens (tertiary/aromatic N) is 1.